The Hall–Kier alpha value is -1.92. The van der Waals surface area contributed by atoms with Gasteiger partial charge in [0.1, 0.15) is 34.5 Å². The highest BCUT2D eigenvalue weighted by Crippen LogP contribution is 2.53. The summed E-state index contributed by atoms with van der Waals surface area (Å²) in [5.74, 6) is 6.85. The lowest BCUT2D eigenvalue weighted by molar-refractivity contribution is 0.174. The van der Waals surface area contributed by atoms with Gasteiger partial charge >= 0.3 is 0 Å². The molecule has 0 fully saturated rings. The van der Waals surface area contributed by atoms with Gasteiger partial charge in [0.05, 0.1) is 19.5 Å². The van der Waals surface area contributed by atoms with Crippen molar-refractivity contribution in [3.05, 3.63) is 22.4 Å². The van der Waals surface area contributed by atoms with Gasteiger partial charge in [-0.1, -0.05) is 25.6 Å². The third-order valence-corrected chi connectivity index (χ3v) is 8.57. The molecule has 0 saturated carbocycles. The molecule has 29 heavy (non-hydrogen) atoms. The van der Waals surface area contributed by atoms with Crippen molar-refractivity contribution in [1.29, 1.82) is 0 Å². The molecule has 3 aromatic rings. The van der Waals surface area contributed by atoms with Crippen LogP contribution in [0.1, 0.15) is 5.56 Å². The van der Waals surface area contributed by atoms with Crippen molar-refractivity contribution >= 4 is 42.1 Å². The maximum atomic E-state index is 5.95. The first-order valence-electron chi connectivity index (χ1n) is 9.41. The van der Waals surface area contributed by atoms with Gasteiger partial charge in [-0.3, -0.25) is 0 Å². The van der Waals surface area contributed by atoms with Gasteiger partial charge in [-0.05, 0) is 6.07 Å². The minimum Gasteiger partial charge on any atom is -0.485 e. The zero-order chi connectivity index (χ0) is 20.0. The Balaban J connectivity index is 1.64. The van der Waals surface area contributed by atoms with Gasteiger partial charge in [0.15, 0.2) is 23.0 Å². The summed E-state index contributed by atoms with van der Waals surface area (Å²) in [6.45, 7) is 9.15. The van der Waals surface area contributed by atoms with Crippen LogP contribution in [0.4, 0.5) is 0 Å². The Morgan fingerprint density at radius 2 is 1.38 bits per heavy atom. The average Bonchev–Trinajstić information content (AvgIpc) is 3.41. The van der Waals surface area contributed by atoms with Crippen molar-refractivity contribution < 1.29 is 18.9 Å². The van der Waals surface area contributed by atoms with E-state index in [-0.39, 0.29) is 0 Å². The molecular weight excluding hydrogens is 441 g/mol. The van der Waals surface area contributed by atoms with Crippen LogP contribution in [0.25, 0.3) is 19.5 Å². The van der Waals surface area contributed by atoms with Gasteiger partial charge < -0.3 is 18.9 Å². The Labute approximate surface area is 183 Å². The molecule has 3 aromatic heterocycles. The smallest absolute Gasteiger partial charge is 0.180 e. The van der Waals surface area contributed by atoms with Gasteiger partial charge in [0.2, 0.25) is 0 Å². The van der Waals surface area contributed by atoms with E-state index >= 15 is 0 Å². The molecule has 0 spiro atoms. The van der Waals surface area contributed by atoms with E-state index in [4.69, 9.17) is 18.9 Å². The molecule has 0 radical (unpaired) electrons. The van der Waals surface area contributed by atoms with E-state index in [2.05, 4.69) is 37.2 Å². The molecule has 0 unspecified atom stereocenters. The summed E-state index contributed by atoms with van der Waals surface area (Å²) < 4.78 is 23.4. The van der Waals surface area contributed by atoms with Gasteiger partial charge in [-0.15, -0.1) is 39.6 Å². The van der Waals surface area contributed by atoms with Crippen LogP contribution in [0.5, 0.6) is 23.0 Å². The van der Waals surface area contributed by atoms with Gasteiger partial charge in [0.25, 0.3) is 0 Å². The monoisotopic (exact) mass is 460 g/mol. The number of fused-ring (bicyclic) bond motifs is 2. The lowest BCUT2D eigenvalue weighted by atomic mass is 10.2. The van der Waals surface area contributed by atoms with Crippen LogP contribution in [-0.2, 0) is 0 Å². The Morgan fingerprint density at radius 3 is 2.03 bits per heavy atom. The second-order valence-electron chi connectivity index (χ2n) is 7.76. The predicted octanol–water partition coefficient (Wildman–Crippen LogP) is 5.98. The van der Waals surface area contributed by atoms with Crippen molar-refractivity contribution in [2.75, 3.05) is 26.4 Å². The molecule has 5 heterocycles. The highest BCUT2D eigenvalue weighted by molar-refractivity contribution is 7.26. The fourth-order valence-corrected chi connectivity index (χ4v) is 6.83. The predicted molar refractivity (Wildman–Crippen MR) is 123 cm³/mol. The molecule has 0 aromatic carbocycles. The highest BCUT2D eigenvalue weighted by Gasteiger charge is 2.26. The van der Waals surface area contributed by atoms with E-state index in [1.807, 2.05) is 10.8 Å². The number of hydrogen-bond acceptors (Lipinski definition) is 7. The average molecular weight is 461 g/mol. The van der Waals surface area contributed by atoms with Crippen molar-refractivity contribution in [1.82, 2.24) is 0 Å². The number of hydrogen-bond donors (Lipinski definition) is 0. The van der Waals surface area contributed by atoms with E-state index in [9.17, 15) is 0 Å². The van der Waals surface area contributed by atoms with E-state index < -0.39 is 8.07 Å². The molecule has 0 atom stereocenters. The first kappa shape index (κ1) is 19.1. The summed E-state index contributed by atoms with van der Waals surface area (Å²) in [5.41, 5.74) is 4.56. The van der Waals surface area contributed by atoms with E-state index in [1.54, 1.807) is 34.0 Å². The van der Waals surface area contributed by atoms with Crippen LogP contribution >= 0.6 is 34.0 Å². The van der Waals surface area contributed by atoms with Crippen LogP contribution in [0.3, 0.4) is 0 Å². The Bertz CT molecular complexity index is 1120. The fraction of sp³-hybridized carbons (Fsp3) is 0.333. The summed E-state index contributed by atoms with van der Waals surface area (Å²) in [6.07, 6.45) is 0. The SMILES string of the molecule is C[Si](C)(C)C#Cc1cc(-c2scc3c2OCCO3)sc1-c1scc2c1OCCO2. The van der Waals surface area contributed by atoms with Gasteiger partial charge in [0, 0.05) is 16.3 Å². The topological polar surface area (TPSA) is 36.9 Å². The molecule has 8 heteroatoms. The fourth-order valence-electron chi connectivity index (χ4n) is 3.07. The molecule has 5 rings (SSSR count). The van der Waals surface area contributed by atoms with E-state index in [0.29, 0.717) is 26.4 Å². The van der Waals surface area contributed by atoms with Gasteiger partial charge in [-0.2, -0.15) is 0 Å². The zero-order valence-electron chi connectivity index (χ0n) is 16.4. The number of rotatable bonds is 2. The van der Waals surface area contributed by atoms with Crippen molar-refractivity contribution in [3.63, 3.8) is 0 Å². The summed E-state index contributed by atoms with van der Waals surface area (Å²) in [5, 5.41) is 4.06. The lowest BCUT2D eigenvalue weighted by Gasteiger charge is -2.16. The molecule has 0 saturated heterocycles. The van der Waals surface area contributed by atoms with Crippen LogP contribution in [-0.4, -0.2) is 34.5 Å². The second-order valence-corrected chi connectivity index (χ2v) is 15.3. The highest BCUT2D eigenvalue weighted by atomic mass is 32.1. The molecular formula is C21H20O4S3Si. The largest absolute Gasteiger partial charge is 0.485 e. The zero-order valence-corrected chi connectivity index (χ0v) is 19.9. The Morgan fingerprint density at radius 1 is 0.793 bits per heavy atom. The maximum Gasteiger partial charge on any atom is 0.180 e. The van der Waals surface area contributed by atoms with E-state index in [1.165, 1.54) is 0 Å². The molecule has 0 aliphatic carbocycles. The third-order valence-electron chi connectivity index (χ3n) is 4.34. The van der Waals surface area contributed by atoms with Crippen molar-refractivity contribution in [2.45, 2.75) is 19.6 Å². The van der Waals surface area contributed by atoms with Gasteiger partial charge in [-0.25, -0.2) is 0 Å². The Kier molecular flexibility index (Phi) is 4.86. The third kappa shape index (κ3) is 3.68. The van der Waals surface area contributed by atoms with Crippen LogP contribution in [0.2, 0.25) is 19.6 Å². The molecule has 4 nitrogen and oxygen atoms in total. The maximum absolute atomic E-state index is 5.95. The standard InChI is InChI=1S/C21H20O4S3Si/c1-29(2,3)9-4-13-10-16(20-17-14(11-26-20)22-5-7-24-17)28-19(13)21-18-15(12-27-21)23-6-8-25-18/h10-12H,5-8H2,1-3H3. The van der Waals surface area contributed by atoms with Crippen LogP contribution < -0.4 is 18.9 Å². The molecule has 0 amide bonds. The molecule has 150 valence electrons. The van der Waals surface area contributed by atoms with Crippen molar-refractivity contribution in [3.8, 4) is 54.0 Å². The summed E-state index contributed by atoms with van der Waals surface area (Å²) in [6, 6.07) is 2.19. The van der Waals surface area contributed by atoms with Crippen LogP contribution in [0, 0.1) is 11.5 Å². The summed E-state index contributed by atoms with van der Waals surface area (Å²) >= 11 is 5.05. The minimum atomic E-state index is -1.51. The quantitative estimate of drug-likeness (QED) is 0.348. The molecule has 2 aliphatic heterocycles. The number of ether oxygens (including phenoxy) is 4. The first-order valence-corrected chi connectivity index (χ1v) is 15.5. The van der Waals surface area contributed by atoms with E-state index in [0.717, 1.165) is 48.1 Å². The summed E-state index contributed by atoms with van der Waals surface area (Å²) in [4.78, 5) is 4.49. The normalized spacial score (nSPS) is 15.0. The number of thiophene rings is 3. The van der Waals surface area contributed by atoms with Crippen molar-refractivity contribution in [2.24, 2.45) is 0 Å². The lowest BCUT2D eigenvalue weighted by Crippen LogP contribution is -2.16. The molecule has 0 bridgehead atoms. The van der Waals surface area contributed by atoms with Crippen LogP contribution in [0.15, 0.2) is 16.8 Å². The first-order chi connectivity index (χ1) is 14.0. The second kappa shape index (κ2) is 7.40. The molecule has 0 N–H and O–H groups in total. The minimum absolute atomic E-state index is 0.578. The summed E-state index contributed by atoms with van der Waals surface area (Å²) in [7, 11) is -1.51. The molecule has 2 aliphatic rings.